The minimum absolute atomic E-state index is 0.823. The Bertz CT molecular complexity index is 247. The number of hydrogen-bond acceptors (Lipinski definition) is 3. The fraction of sp³-hybridized carbons (Fsp3) is 0.636. The van der Waals surface area contributed by atoms with Gasteiger partial charge in [0.2, 0.25) is 0 Å². The van der Waals surface area contributed by atoms with Crippen molar-refractivity contribution in [2.45, 2.75) is 26.8 Å². The highest BCUT2D eigenvalue weighted by molar-refractivity contribution is 7.10. The summed E-state index contributed by atoms with van der Waals surface area (Å²) in [4.78, 5) is 1.45. The summed E-state index contributed by atoms with van der Waals surface area (Å²) in [5, 5.41) is 5.56. The molecule has 0 atom stereocenters. The maximum absolute atomic E-state index is 5.26. The molecule has 0 radical (unpaired) electrons. The molecule has 0 amide bonds. The van der Waals surface area contributed by atoms with Gasteiger partial charge in [-0.05, 0) is 43.8 Å². The number of aryl methyl sites for hydroxylation is 1. The molecule has 3 heteroatoms. The molecule has 0 aliphatic rings. The van der Waals surface area contributed by atoms with E-state index in [2.05, 4.69) is 23.7 Å². The molecular formula is C11H19NOS. The molecule has 1 N–H and O–H groups in total. The summed E-state index contributed by atoms with van der Waals surface area (Å²) < 4.78 is 5.26. The molecule has 0 saturated carbocycles. The van der Waals surface area contributed by atoms with E-state index >= 15 is 0 Å². The van der Waals surface area contributed by atoms with Gasteiger partial charge in [-0.25, -0.2) is 0 Å². The van der Waals surface area contributed by atoms with Crippen LogP contribution in [0.15, 0.2) is 11.4 Å². The van der Waals surface area contributed by atoms with E-state index in [4.69, 9.17) is 4.74 Å². The van der Waals surface area contributed by atoms with Crippen LogP contribution in [0, 0.1) is 6.92 Å². The fourth-order valence-electron chi connectivity index (χ4n) is 1.23. The Hall–Kier alpha value is -0.380. The molecule has 1 aromatic heterocycles. The third kappa shape index (κ3) is 4.22. The standard InChI is InChI=1S/C11H19NOS/c1-3-13-7-4-6-12-9-11-10(2)5-8-14-11/h5,8,12H,3-4,6-7,9H2,1-2H3. The first kappa shape index (κ1) is 11.7. The second-order valence-corrected chi connectivity index (χ2v) is 4.25. The van der Waals surface area contributed by atoms with Crippen molar-refractivity contribution in [1.82, 2.24) is 5.32 Å². The number of hydrogen-bond donors (Lipinski definition) is 1. The lowest BCUT2D eigenvalue weighted by Crippen LogP contribution is -2.16. The van der Waals surface area contributed by atoms with E-state index in [1.165, 1.54) is 10.4 Å². The van der Waals surface area contributed by atoms with E-state index in [1.807, 2.05) is 18.3 Å². The van der Waals surface area contributed by atoms with Crippen LogP contribution in [0.5, 0.6) is 0 Å². The normalized spacial score (nSPS) is 10.7. The molecule has 80 valence electrons. The molecule has 0 bridgehead atoms. The van der Waals surface area contributed by atoms with Crippen LogP contribution in [-0.2, 0) is 11.3 Å². The molecule has 0 aliphatic heterocycles. The summed E-state index contributed by atoms with van der Waals surface area (Å²) in [6.45, 7) is 7.92. The number of nitrogens with one attached hydrogen (secondary N) is 1. The van der Waals surface area contributed by atoms with Crippen molar-refractivity contribution in [3.63, 3.8) is 0 Å². The second-order valence-electron chi connectivity index (χ2n) is 3.25. The third-order valence-corrected chi connectivity index (χ3v) is 3.12. The topological polar surface area (TPSA) is 21.3 Å². The highest BCUT2D eigenvalue weighted by atomic mass is 32.1. The lowest BCUT2D eigenvalue weighted by molar-refractivity contribution is 0.144. The van der Waals surface area contributed by atoms with Crippen molar-refractivity contribution in [2.75, 3.05) is 19.8 Å². The largest absolute Gasteiger partial charge is 0.382 e. The van der Waals surface area contributed by atoms with Crippen LogP contribution in [0.25, 0.3) is 0 Å². The van der Waals surface area contributed by atoms with E-state index < -0.39 is 0 Å². The van der Waals surface area contributed by atoms with Gasteiger partial charge in [0.15, 0.2) is 0 Å². The lowest BCUT2D eigenvalue weighted by Gasteiger charge is -2.04. The Morgan fingerprint density at radius 2 is 2.36 bits per heavy atom. The van der Waals surface area contributed by atoms with Gasteiger partial charge < -0.3 is 10.1 Å². The lowest BCUT2D eigenvalue weighted by atomic mass is 10.3. The Balaban J connectivity index is 2.02. The van der Waals surface area contributed by atoms with E-state index in [1.54, 1.807) is 0 Å². The van der Waals surface area contributed by atoms with Gasteiger partial charge in [-0.1, -0.05) is 0 Å². The molecule has 2 nitrogen and oxygen atoms in total. The zero-order chi connectivity index (χ0) is 10.2. The summed E-state index contributed by atoms with van der Waals surface area (Å²) in [6, 6.07) is 2.17. The van der Waals surface area contributed by atoms with Gasteiger partial charge >= 0.3 is 0 Å². The summed E-state index contributed by atoms with van der Waals surface area (Å²) in [5.41, 5.74) is 1.40. The second kappa shape index (κ2) is 6.98. The maximum atomic E-state index is 5.26. The van der Waals surface area contributed by atoms with Crippen molar-refractivity contribution in [3.05, 3.63) is 21.9 Å². The SMILES string of the molecule is CCOCCCNCc1sccc1C. The van der Waals surface area contributed by atoms with Crippen molar-refractivity contribution in [1.29, 1.82) is 0 Å². The average molecular weight is 213 g/mol. The van der Waals surface area contributed by atoms with Crippen LogP contribution in [0.4, 0.5) is 0 Å². The average Bonchev–Trinajstić information content (AvgIpc) is 2.58. The monoisotopic (exact) mass is 213 g/mol. The minimum atomic E-state index is 0.823. The van der Waals surface area contributed by atoms with Gasteiger partial charge in [0, 0.05) is 24.6 Å². The van der Waals surface area contributed by atoms with Gasteiger partial charge in [-0.2, -0.15) is 0 Å². The molecule has 0 fully saturated rings. The summed E-state index contributed by atoms with van der Waals surface area (Å²) in [7, 11) is 0. The Morgan fingerprint density at radius 3 is 3.00 bits per heavy atom. The Kier molecular flexibility index (Phi) is 5.83. The van der Waals surface area contributed by atoms with Crippen LogP contribution in [0.1, 0.15) is 23.8 Å². The molecule has 0 saturated heterocycles. The molecule has 1 aromatic rings. The molecule has 14 heavy (non-hydrogen) atoms. The zero-order valence-corrected chi connectivity index (χ0v) is 9.82. The van der Waals surface area contributed by atoms with Crippen molar-refractivity contribution in [3.8, 4) is 0 Å². The number of rotatable bonds is 7. The molecule has 1 heterocycles. The van der Waals surface area contributed by atoms with E-state index in [0.717, 1.165) is 32.7 Å². The highest BCUT2D eigenvalue weighted by Crippen LogP contribution is 2.14. The van der Waals surface area contributed by atoms with Crippen molar-refractivity contribution >= 4 is 11.3 Å². The van der Waals surface area contributed by atoms with Crippen LogP contribution < -0.4 is 5.32 Å². The number of thiophene rings is 1. The molecule has 0 spiro atoms. The highest BCUT2D eigenvalue weighted by Gasteiger charge is 1.97. The summed E-state index contributed by atoms with van der Waals surface area (Å²) >= 11 is 1.82. The molecule has 1 rings (SSSR count). The van der Waals surface area contributed by atoms with E-state index in [-0.39, 0.29) is 0 Å². The molecule has 0 aliphatic carbocycles. The molecule has 0 aromatic carbocycles. The molecular weight excluding hydrogens is 194 g/mol. The van der Waals surface area contributed by atoms with Gasteiger partial charge in [0.1, 0.15) is 0 Å². The van der Waals surface area contributed by atoms with Crippen LogP contribution >= 0.6 is 11.3 Å². The predicted molar refractivity (Wildman–Crippen MR) is 61.9 cm³/mol. The van der Waals surface area contributed by atoms with Crippen LogP contribution in [-0.4, -0.2) is 19.8 Å². The quantitative estimate of drug-likeness (QED) is 0.703. The first-order chi connectivity index (χ1) is 6.84. The van der Waals surface area contributed by atoms with Gasteiger partial charge in [-0.15, -0.1) is 11.3 Å². The Morgan fingerprint density at radius 1 is 1.50 bits per heavy atom. The van der Waals surface area contributed by atoms with E-state index in [9.17, 15) is 0 Å². The minimum Gasteiger partial charge on any atom is -0.382 e. The molecule has 0 unspecified atom stereocenters. The van der Waals surface area contributed by atoms with Crippen LogP contribution in [0.3, 0.4) is 0 Å². The summed E-state index contributed by atoms with van der Waals surface area (Å²) in [5.74, 6) is 0. The zero-order valence-electron chi connectivity index (χ0n) is 9.01. The van der Waals surface area contributed by atoms with Crippen molar-refractivity contribution < 1.29 is 4.74 Å². The van der Waals surface area contributed by atoms with Crippen molar-refractivity contribution in [2.24, 2.45) is 0 Å². The van der Waals surface area contributed by atoms with Gasteiger partial charge in [0.25, 0.3) is 0 Å². The Labute approximate surface area is 90.3 Å². The first-order valence-corrected chi connectivity index (χ1v) is 6.04. The van der Waals surface area contributed by atoms with E-state index in [0.29, 0.717) is 0 Å². The fourth-order valence-corrected chi connectivity index (χ4v) is 2.11. The van der Waals surface area contributed by atoms with Crippen LogP contribution in [0.2, 0.25) is 0 Å². The van der Waals surface area contributed by atoms with Gasteiger partial charge in [0.05, 0.1) is 0 Å². The smallest absolute Gasteiger partial charge is 0.0477 e. The summed E-state index contributed by atoms with van der Waals surface area (Å²) in [6.07, 6.45) is 1.10. The number of ether oxygens (including phenoxy) is 1. The third-order valence-electron chi connectivity index (χ3n) is 2.10. The first-order valence-electron chi connectivity index (χ1n) is 5.16. The predicted octanol–water partition coefficient (Wildman–Crippen LogP) is 2.57. The maximum Gasteiger partial charge on any atom is 0.0477 e. The van der Waals surface area contributed by atoms with Gasteiger partial charge in [-0.3, -0.25) is 0 Å².